The lowest BCUT2D eigenvalue weighted by molar-refractivity contribution is -0.136. The van der Waals surface area contributed by atoms with Gasteiger partial charge in [0.2, 0.25) is 0 Å². The van der Waals surface area contributed by atoms with Gasteiger partial charge in [0.15, 0.2) is 0 Å². The number of hydrogen-bond donors (Lipinski definition) is 3. The van der Waals surface area contributed by atoms with Crippen LogP contribution in [-0.2, 0) is 4.79 Å². The average Bonchev–Trinajstić information content (AvgIpc) is 2.37. The number of aliphatic hydroxyl groups excluding tert-OH is 1. The standard InChI is InChI=1S/C15H31NO3/c1-2-3-4-5-6-7-8-9-10-14(17)13-16-12-11-15(18)19/h14,16-17H,2-13H2,1H3,(H,18,19). The van der Waals surface area contributed by atoms with Gasteiger partial charge in [0.05, 0.1) is 12.5 Å². The van der Waals surface area contributed by atoms with Gasteiger partial charge in [-0.15, -0.1) is 0 Å². The van der Waals surface area contributed by atoms with Crippen LogP contribution in [0, 0.1) is 0 Å². The van der Waals surface area contributed by atoms with Gasteiger partial charge in [-0.1, -0.05) is 58.3 Å². The van der Waals surface area contributed by atoms with Crippen LogP contribution in [0.3, 0.4) is 0 Å². The molecule has 0 amide bonds. The fraction of sp³-hybridized carbons (Fsp3) is 0.933. The number of rotatable bonds is 14. The Morgan fingerprint density at radius 3 is 2.21 bits per heavy atom. The SMILES string of the molecule is CCCCCCCCCCC(O)CNCCC(=O)O. The Kier molecular flexibility index (Phi) is 13.4. The largest absolute Gasteiger partial charge is 0.481 e. The number of hydrogen-bond acceptors (Lipinski definition) is 3. The molecule has 3 N–H and O–H groups in total. The van der Waals surface area contributed by atoms with Crippen LogP contribution in [0.2, 0.25) is 0 Å². The summed E-state index contributed by atoms with van der Waals surface area (Å²) in [5.41, 5.74) is 0. The third-order valence-corrected chi connectivity index (χ3v) is 3.29. The average molecular weight is 273 g/mol. The van der Waals surface area contributed by atoms with Crippen molar-refractivity contribution in [2.24, 2.45) is 0 Å². The maximum atomic E-state index is 10.3. The molecule has 0 aliphatic rings. The molecule has 4 heteroatoms. The van der Waals surface area contributed by atoms with Crippen molar-refractivity contribution in [3.05, 3.63) is 0 Å². The molecular formula is C15H31NO3. The first kappa shape index (κ1) is 18.4. The molecule has 19 heavy (non-hydrogen) atoms. The summed E-state index contributed by atoms with van der Waals surface area (Å²) in [4.78, 5) is 10.3. The second-order valence-electron chi connectivity index (χ2n) is 5.27. The van der Waals surface area contributed by atoms with Crippen LogP contribution in [0.25, 0.3) is 0 Å². The Labute approximate surface area is 117 Å². The lowest BCUT2D eigenvalue weighted by atomic mass is 10.1. The number of nitrogens with one attached hydrogen (secondary N) is 1. The van der Waals surface area contributed by atoms with Gasteiger partial charge in [-0.2, -0.15) is 0 Å². The number of aliphatic carboxylic acids is 1. The first-order valence-electron chi connectivity index (χ1n) is 7.77. The lowest BCUT2D eigenvalue weighted by Crippen LogP contribution is -2.28. The number of aliphatic hydroxyl groups is 1. The van der Waals surface area contributed by atoms with E-state index in [2.05, 4.69) is 12.2 Å². The fourth-order valence-electron chi connectivity index (χ4n) is 2.08. The molecular weight excluding hydrogens is 242 g/mol. The maximum absolute atomic E-state index is 10.3. The topological polar surface area (TPSA) is 69.6 Å². The number of carboxylic acid groups (broad SMARTS) is 1. The highest BCUT2D eigenvalue weighted by molar-refractivity contribution is 5.66. The van der Waals surface area contributed by atoms with E-state index in [1.807, 2.05) is 0 Å². The van der Waals surface area contributed by atoms with E-state index in [-0.39, 0.29) is 12.5 Å². The molecule has 0 fully saturated rings. The van der Waals surface area contributed by atoms with Crippen molar-refractivity contribution < 1.29 is 15.0 Å². The molecule has 0 aliphatic heterocycles. The number of carboxylic acids is 1. The Balaban J connectivity index is 3.15. The molecule has 0 aromatic rings. The van der Waals surface area contributed by atoms with Gasteiger partial charge in [0.1, 0.15) is 0 Å². The van der Waals surface area contributed by atoms with Crippen molar-refractivity contribution in [1.82, 2.24) is 5.32 Å². The van der Waals surface area contributed by atoms with E-state index >= 15 is 0 Å². The van der Waals surface area contributed by atoms with Gasteiger partial charge in [-0.05, 0) is 6.42 Å². The Hall–Kier alpha value is -0.610. The summed E-state index contributed by atoms with van der Waals surface area (Å²) in [5, 5.41) is 21.1. The molecule has 1 unspecified atom stereocenters. The van der Waals surface area contributed by atoms with Crippen molar-refractivity contribution in [2.75, 3.05) is 13.1 Å². The van der Waals surface area contributed by atoms with Crippen molar-refractivity contribution in [1.29, 1.82) is 0 Å². The van der Waals surface area contributed by atoms with Crippen molar-refractivity contribution >= 4 is 5.97 Å². The summed E-state index contributed by atoms with van der Waals surface area (Å²) in [6.07, 6.45) is 10.8. The minimum absolute atomic E-state index is 0.116. The summed E-state index contributed by atoms with van der Waals surface area (Å²) >= 11 is 0. The van der Waals surface area contributed by atoms with E-state index in [1.54, 1.807) is 0 Å². The van der Waals surface area contributed by atoms with Crippen LogP contribution < -0.4 is 5.32 Å². The molecule has 0 saturated carbocycles. The third kappa shape index (κ3) is 15.3. The van der Waals surface area contributed by atoms with Crippen molar-refractivity contribution in [3.63, 3.8) is 0 Å². The first-order valence-corrected chi connectivity index (χ1v) is 7.77. The maximum Gasteiger partial charge on any atom is 0.304 e. The van der Waals surface area contributed by atoms with Crippen LogP contribution in [0.4, 0.5) is 0 Å². The van der Waals surface area contributed by atoms with Crippen LogP contribution in [0.1, 0.15) is 71.1 Å². The van der Waals surface area contributed by atoms with Gasteiger partial charge in [0, 0.05) is 13.1 Å². The van der Waals surface area contributed by atoms with E-state index in [0.29, 0.717) is 13.1 Å². The molecule has 114 valence electrons. The summed E-state index contributed by atoms with van der Waals surface area (Å²) in [6, 6.07) is 0. The number of carbonyl (C=O) groups is 1. The molecule has 0 spiro atoms. The molecule has 0 aliphatic carbocycles. The van der Waals surface area contributed by atoms with E-state index in [9.17, 15) is 9.90 Å². The van der Waals surface area contributed by atoms with Gasteiger partial charge in [-0.25, -0.2) is 0 Å². The van der Waals surface area contributed by atoms with Gasteiger partial charge >= 0.3 is 5.97 Å². The monoisotopic (exact) mass is 273 g/mol. The van der Waals surface area contributed by atoms with Gasteiger partial charge in [-0.3, -0.25) is 4.79 Å². The normalized spacial score (nSPS) is 12.5. The van der Waals surface area contributed by atoms with E-state index < -0.39 is 5.97 Å². The van der Waals surface area contributed by atoms with E-state index in [4.69, 9.17) is 5.11 Å². The Morgan fingerprint density at radius 2 is 1.63 bits per heavy atom. The highest BCUT2D eigenvalue weighted by Crippen LogP contribution is 2.10. The summed E-state index contributed by atoms with van der Waals surface area (Å²) in [6.45, 7) is 3.17. The molecule has 4 nitrogen and oxygen atoms in total. The predicted octanol–water partition coefficient (Wildman–Crippen LogP) is 2.94. The Morgan fingerprint density at radius 1 is 1.05 bits per heavy atom. The van der Waals surface area contributed by atoms with Crippen molar-refractivity contribution in [3.8, 4) is 0 Å². The van der Waals surface area contributed by atoms with Crippen LogP contribution >= 0.6 is 0 Å². The Bertz CT molecular complexity index is 210. The molecule has 0 aromatic carbocycles. The zero-order chi connectivity index (χ0) is 14.3. The highest BCUT2D eigenvalue weighted by atomic mass is 16.4. The smallest absolute Gasteiger partial charge is 0.304 e. The zero-order valence-corrected chi connectivity index (χ0v) is 12.4. The van der Waals surface area contributed by atoms with E-state index in [1.165, 1.54) is 44.9 Å². The predicted molar refractivity (Wildman–Crippen MR) is 78.4 cm³/mol. The van der Waals surface area contributed by atoms with E-state index in [0.717, 1.165) is 12.8 Å². The molecule has 0 aromatic heterocycles. The highest BCUT2D eigenvalue weighted by Gasteiger charge is 2.04. The third-order valence-electron chi connectivity index (χ3n) is 3.29. The fourth-order valence-corrected chi connectivity index (χ4v) is 2.08. The quantitative estimate of drug-likeness (QED) is 0.426. The zero-order valence-electron chi connectivity index (χ0n) is 12.4. The van der Waals surface area contributed by atoms with Gasteiger partial charge < -0.3 is 15.5 Å². The molecule has 1 atom stereocenters. The second kappa shape index (κ2) is 13.8. The first-order chi connectivity index (χ1) is 9.16. The minimum atomic E-state index is -0.801. The van der Waals surface area contributed by atoms with Crippen LogP contribution in [-0.4, -0.2) is 35.4 Å². The summed E-state index contributed by atoms with van der Waals surface area (Å²) in [5.74, 6) is -0.801. The summed E-state index contributed by atoms with van der Waals surface area (Å²) in [7, 11) is 0. The number of unbranched alkanes of at least 4 members (excludes halogenated alkanes) is 7. The van der Waals surface area contributed by atoms with Crippen LogP contribution in [0.5, 0.6) is 0 Å². The molecule has 0 radical (unpaired) electrons. The minimum Gasteiger partial charge on any atom is -0.481 e. The molecule has 0 saturated heterocycles. The van der Waals surface area contributed by atoms with Crippen molar-refractivity contribution in [2.45, 2.75) is 77.2 Å². The molecule has 0 rings (SSSR count). The lowest BCUT2D eigenvalue weighted by Gasteiger charge is -2.11. The van der Waals surface area contributed by atoms with Gasteiger partial charge in [0.25, 0.3) is 0 Å². The van der Waals surface area contributed by atoms with Crippen LogP contribution in [0.15, 0.2) is 0 Å². The molecule has 0 bridgehead atoms. The summed E-state index contributed by atoms with van der Waals surface area (Å²) < 4.78 is 0. The molecule has 0 heterocycles. The second-order valence-corrected chi connectivity index (χ2v) is 5.27.